The third-order valence-electron chi connectivity index (χ3n) is 4.03. The van der Waals surface area contributed by atoms with Gasteiger partial charge in [-0.05, 0) is 79.1 Å². The highest BCUT2D eigenvalue weighted by Crippen LogP contribution is 2.26. The number of aryl methyl sites for hydroxylation is 2. The van der Waals surface area contributed by atoms with E-state index in [-0.39, 0.29) is 0 Å². The molecular weight excluding hydrogens is 428 g/mol. The van der Waals surface area contributed by atoms with E-state index in [1.165, 1.54) is 0 Å². The van der Waals surface area contributed by atoms with Crippen molar-refractivity contribution in [2.45, 2.75) is 20.5 Å². The fourth-order valence-electron chi connectivity index (χ4n) is 2.57. The Hall–Kier alpha value is -2.30. The van der Waals surface area contributed by atoms with Crippen LogP contribution in [-0.2, 0) is 6.61 Å². The molecule has 0 saturated heterocycles. The van der Waals surface area contributed by atoms with Crippen molar-refractivity contribution in [3.05, 3.63) is 92.4 Å². The Morgan fingerprint density at radius 2 is 1.52 bits per heavy atom. The Morgan fingerprint density at radius 1 is 0.926 bits per heavy atom. The highest BCUT2D eigenvalue weighted by molar-refractivity contribution is 9.10. The van der Waals surface area contributed by atoms with Crippen molar-refractivity contribution >= 4 is 33.5 Å². The maximum absolute atomic E-state index is 12.4. The minimum absolute atomic E-state index is 0.406. The number of rotatable bonds is 5. The highest BCUT2D eigenvalue weighted by atomic mass is 79.9. The summed E-state index contributed by atoms with van der Waals surface area (Å²) in [6.07, 6.45) is 0. The van der Waals surface area contributed by atoms with Crippen molar-refractivity contribution in [3.8, 4) is 11.5 Å². The lowest BCUT2D eigenvalue weighted by Gasteiger charge is -2.09. The quantitative estimate of drug-likeness (QED) is 0.331. The summed E-state index contributed by atoms with van der Waals surface area (Å²) in [7, 11) is 0. The molecule has 0 amide bonds. The van der Waals surface area contributed by atoms with Crippen LogP contribution in [0.2, 0.25) is 5.02 Å². The average Bonchev–Trinajstić information content (AvgIpc) is 2.66. The number of carbonyl (C=O) groups excluding carboxylic acids is 1. The van der Waals surface area contributed by atoms with E-state index in [2.05, 4.69) is 15.9 Å². The molecule has 0 aromatic heterocycles. The molecule has 0 aliphatic carbocycles. The monoisotopic (exact) mass is 444 g/mol. The number of benzene rings is 3. The zero-order chi connectivity index (χ0) is 19.4. The van der Waals surface area contributed by atoms with E-state index in [1.807, 2.05) is 50.2 Å². The summed E-state index contributed by atoms with van der Waals surface area (Å²) in [6.45, 7) is 4.19. The van der Waals surface area contributed by atoms with Crippen LogP contribution >= 0.6 is 27.5 Å². The SMILES string of the molecule is Cc1cc(OC(=O)c2ccc(COc3ccc(Br)cc3)cc2)cc(C)c1Cl. The first-order valence-corrected chi connectivity index (χ1v) is 9.56. The smallest absolute Gasteiger partial charge is 0.343 e. The molecule has 0 spiro atoms. The van der Waals surface area contributed by atoms with E-state index >= 15 is 0 Å². The molecular formula is C22H18BrClO3. The Morgan fingerprint density at radius 3 is 2.11 bits per heavy atom. The van der Waals surface area contributed by atoms with Gasteiger partial charge >= 0.3 is 5.97 Å². The third kappa shape index (κ3) is 5.12. The van der Waals surface area contributed by atoms with E-state index in [4.69, 9.17) is 21.1 Å². The van der Waals surface area contributed by atoms with E-state index in [9.17, 15) is 4.79 Å². The van der Waals surface area contributed by atoms with Gasteiger partial charge in [0.25, 0.3) is 0 Å². The van der Waals surface area contributed by atoms with Crippen LogP contribution in [0.25, 0.3) is 0 Å². The normalized spacial score (nSPS) is 10.5. The maximum atomic E-state index is 12.4. The van der Waals surface area contributed by atoms with Crippen molar-refractivity contribution in [2.75, 3.05) is 0 Å². The van der Waals surface area contributed by atoms with Crippen LogP contribution in [0.15, 0.2) is 65.1 Å². The Bertz CT molecular complexity index is 927. The Kier molecular flexibility index (Phi) is 6.19. The zero-order valence-corrected chi connectivity index (χ0v) is 17.3. The second kappa shape index (κ2) is 8.59. The summed E-state index contributed by atoms with van der Waals surface area (Å²) in [5.74, 6) is 0.869. The second-order valence-electron chi connectivity index (χ2n) is 6.20. The third-order valence-corrected chi connectivity index (χ3v) is 5.15. The number of carbonyl (C=O) groups is 1. The molecule has 3 rings (SSSR count). The largest absolute Gasteiger partial charge is 0.489 e. The number of halogens is 2. The molecule has 0 heterocycles. The molecule has 3 aromatic carbocycles. The molecule has 0 radical (unpaired) electrons. The molecule has 0 aliphatic heterocycles. The standard InChI is InChI=1S/C22H18BrClO3/c1-14-11-20(12-15(2)21(14)24)27-22(25)17-5-3-16(4-6-17)13-26-19-9-7-18(23)8-10-19/h3-12H,13H2,1-2H3. The number of ether oxygens (including phenoxy) is 2. The molecule has 138 valence electrons. The molecule has 3 aromatic rings. The van der Waals surface area contributed by atoms with Crippen molar-refractivity contribution in [1.29, 1.82) is 0 Å². The van der Waals surface area contributed by atoms with Crippen molar-refractivity contribution < 1.29 is 14.3 Å². The van der Waals surface area contributed by atoms with Gasteiger partial charge in [-0.25, -0.2) is 4.79 Å². The molecule has 0 N–H and O–H groups in total. The van der Waals surface area contributed by atoms with E-state index in [0.29, 0.717) is 22.9 Å². The predicted octanol–water partition coefficient (Wildman–Crippen LogP) is 6.52. The lowest BCUT2D eigenvalue weighted by molar-refractivity contribution is 0.0734. The van der Waals surface area contributed by atoms with Crippen molar-refractivity contribution in [3.63, 3.8) is 0 Å². The lowest BCUT2D eigenvalue weighted by Crippen LogP contribution is -2.09. The molecule has 5 heteroatoms. The first-order chi connectivity index (χ1) is 12.9. The summed E-state index contributed by atoms with van der Waals surface area (Å²) in [4.78, 5) is 12.4. The van der Waals surface area contributed by atoms with Crippen LogP contribution in [0.1, 0.15) is 27.0 Å². The van der Waals surface area contributed by atoms with Gasteiger partial charge in [0.2, 0.25) is 0 Å². The molecule has 0 saturated carbocycles. The van der Waals surface area contributed by atoms with Crippen LogP contribution in [0.3, 0.4) is 0 Å². The summed E-state index contributed by atoms with van der Waals surface area (Å²) in [5.41, 5.74) is 3.19. The summed E-state index contributed by atoms with van der Waals surface area (Å²) in [6, 6.07) is 18.3. The number of esters is 1. The van der Waals surface area contributed by atoms with Gasteiger partial charge in [0, 0.05) is 9.50 Å². The van der Waals surface area contributed by atoms with Crippen molar-refractivity contribution in [2.24, 2.45) is 0 Å². The number of hydrogen-bond donors (Lipinski definition) is 0. The lowest BCUT2D eigenvalue weighted by atomic mass is 10.1. The molecule has 0 fully saturated rings. The topological polar surface area (TPSA) is 35.5 Å². The second-order valence-corrected chi connectivity index (χ2v) is 7.49. The molecule has 27 heavy (non-hydrogen) atoms. The Balaban J connectivity index is 1.62. The summed E-state index contributed by atoms with van der Waals surface area (Å²) < 4.78 is 12.2. The molecule has 0 atom stereocenters. The zero-order valence-electron chi connectivity index (χ0n) is 15.0. The average molecular weight is 446 g/mol. The predicted molar refractivity (Wildman–Crippen MR) is 111 cm³/mol. The first kappa shape index (κ1) is 19.5. The van der Waals surface area contributed by atoms with Gasteiger partial charge in [0.15, 0.2) is 0 Å². The first-order valence-electron chi connectivity index (χ1n) is 8.38. The highest BCUT2D eigenvalue weighted by Gasteiger charge is 2.11. The fourth-order valence-corrected chi connectivity index (χ4v) is 2.94. The molecule has 0 unspecified atom stereocenters. The molecule has 0 aliphatic rings. The van der Waals surface area contributed by atoms with Gasteiger partial charge in [-0.2, -0.15) is 0 Å². The summed E-state index contributed by atoms with van der Waals surface area (Å²) in [5, 5.41) is 0.685. The van der Waals surface area contributed by atoms with Gasteiger partial charge in [0.05, 0.1) is 5.56 Å². The minimum Gasteiger partial charge on any atom is -0.489 e. The minimum atomic E-state index is -0.406. The van der Waals surface area contributed by atoms with Crippen LogP contribution in [0.4, 0.5) is 0 Å². The van der Waals surface area contributed by atoms with Crippen molar-refractivity contribution in [1.82, 2.24) is 0 Å². The van der Waals surface area contributed by atoms with Gasteiger partial charge < -0.3 is 9.47 Å². The van der Waals surface area contributed by atoms with Gasteiger partial charge in [0.1, 0.15) is 18.1 Å². The van der Waals surface area contributed by atoms with Crippen LogP contribution in [-0.4, -0.2) is 5.97 Å². The molecule has 0 bridgehead atoms. The van der Waals surface area contributed by atoms with Gasteiger partial charge in [-0.3, -0.25) is 0 Å². The maximum Gasteiger partial charge on any atom is 0.343 e. The van der Waals surface area contributed by atoms with Crippen LogP contribution < -0.4 is 9.47 Å². The van der Waals surface area contributed by atoms with Gasteiger partial charge in [-0.15, -0.1) is 0 Å². The summed E-state index contributed by atoms with van der Waals surface area (Å²) >= 11 is 9.54. The van der Waals surface area contributed by atoms with E-state index < -0.39 is 5.97 Å². The van der Waals surface area contributed by atoms with Crippen LogP contribution in [0, 0.1) is 13.8 Å². The van der Waals surface area contributed by atoms with Crippen LogP contribution in [0.5, 0.6) is 11.5 Å². The van der Waals surface area contributed by atoms with E-state index in [0.717, 1.165) is 26.9 Å². The van der Waals surface area contributed by atoms with Gasteiger partial charge in [-0.1, -0.05) is 39.7 Å². The Labute approximate surface area is 172 Å². The van der Waals surface area contributed by atoms with E-state index in [1.54, 1.807) is 24.3 Å². The fraction of sp³-hybridized carbons (Fsp3) is 0.136. The number of hydrogen-bond acceptors (Lipinski definition) is 3. The molecule has 3 nitrogen and oxygen atoms in total.